The summed E-state index contributed by atoms with van der Waals surface area (Å²) in [7, 11) is 0. The fourth-order valence-corrected chi connectivity index (χ4v) is 3.34. The molecule has 0 fully saturated rings. The van der Waals surface area contributed by atoms with Gasteiger partial charge in [0, 0.05) is 24.1 Å². The van der Waals surface area contributed by atoms with Gasteiger partial charge in [0.25, 0.3) is 0 Å². The molecular formula is C18H28N6O7S2. The van der Waals surface area contributed by atoms with Gasteiger partial charge in [-0.1, -0.05) is 0 Å². The van der Waals surface area contributed by atoms with Crippen molar-refractivity contribution >= 4 is 54.1 Å². The molecule has 15 heteroatoms. The van der Waals surface area contributed by atoms with Crippen molar-refractivity contribution in [1.82, 2.24) is 25.9 Å². The van der Waals surface area contributed by atoms with Crippen molar-refractivity contribution in [3.05, 3.63) is 18.2 Å². The molecule has 0 aliphatic heterocycles. The minimum absolute atomic E-state index is 0.0296. The maximum absolute atomic E-state index is 12.9. The van der Waals surface area contributed by atoms with Crippen LogP contribution in [0.15, 0.2) is 12.5 Å². The Morgan fingerprint density at radius 2 is 1.70 bits per heavy atom. The van der Waals surface area contributed by atoms with Gasteiger partial charge in [-0.3, -0.25) is 19.2 Å². The summed E-state index contributed by atoms with van der Waals surface area (Å²) >= 11 is 5.32. The average molecular weight is 505 g/mol. The molecule has 3 amide bonds. The second kappa shape index (κ2) is 14.4. The van der Waals surface area contributed by atoms with Gasteiger partial charge in [-0.25, -0.2) is 9.78 Å². The largest absolute Gasteiger partial charge is 0.481 e. The van der Waals surface area contributed by atoms with E-state index in [0.29, 0.717) is 11.4 Å². The molecule has 0 bridgehead atoms. The topological polar surface area (TPSA) is 217 Å². The zero-order valence-electron chi connectivity index (χ0n) is 17.8. The van der Waals surface area contributed by atoms with E-state index in [0.717, 1.165) is 0 Å². The fourth-order valence-electron chi connectivity index (χ4n) is 2.62. The van der Waals surface area contributed by atoms with Crippen molar-refractivity contribution in [1.29, 1.82) is 0 Å². The number of carboxylic acid groups (broad SMARTS) is 2. The molecule has 4 atom stereocenters. The van der Waals surface area contributed by atoms with E-state index >= 15 is 0 Å². The molecule has 0 saturated carbocycles. The number of imidazole rings is 1. The molecule has 13 nitrogen and oxygen atoms in total. The van der Waals surface area contributed by atoms with Crippen LogP contribution in [0.4, 0.5) is 0 Å². The highest BCUT2D eigenvalue weighted by Crippen LogP contribution is 2.06. The quantitative estimate of drug-likeness (QED) is 0.123. The standard InChI is InChI=1S/C18H28N6O7S2/c1-33-3-2-11(22-15(27)10(19)5-14(25)26)16(28)23-12(4-9-6-20-8-21-9)17(29)24-13(7-32)18(30)31/h6,8,10-13,32H,2-5,7,19H2,1H3,(H,20,21)(H,22,27)(H,23,28)(H,24,29)(H,25,26)(H,30,31). The first-order valence-electron chi connectivity index (χ1n) is 9.77. The third kappa shape index (κ3) is 10.1. The van der Waals surface area contributed by atoms with Crippen LogP contribution < -0.4 is 21.7 Å². The van der Waals surface area contributed by atoms with Crippen molar-refractivity contribution in [3.63, 3.8) is 0 Å². The van der Waals surface area contributed by atoms with Crippen molar-refractivity contribution in [2.45, 2.75) is 43.4 Å². The van der Waals surface area contributed by atoms with Gasteiger partial charge in [0.2, 0.25) is 17.7 Å². The zero-order valence-corrected chi connectivity index (χ0v) is 19.5. The number of thiol groups is 1. The van der Waals surface area contributed by atoms with Crippen molar-refractivity contribution < 1.29 is 34.2 Å². The Morgan fingerprint density at radius 3 is 2.21 bits per heavy atom. The van der Waals surface area contributed by atoms with Crippen LogP contribution in [0.2, 0.25) is 0 Å². The third-order valence-electron chi connectivity index (χ3n) is 4.38. The summed E-state index contributed by atoms with van der Waals surface area (Å²) in [5.74, 6) is -4.55. The molecule has 1 aromatic heterocycles. The van der Waals surface area contributed by atoms with Crippen LogP contribution in [-0.4, -0.2) is 91.8 Å². The number of carboxylic acids is 2. The molecular weight excluding hydrogens is 476 g/mol. The van der Waals surface area contributed by atoms with Crippen LogP contribution in [-0.2, 0) is 30.4 Å². The summed E-state index contributed by atoms with van der Waals surface area (Å²) in [6.45, 7) is 0. The molecule has 1 rings (SSSR count). The first-order chi connectivity index (χ1) is 15.6. The normalized spacial score (nSPS) is 14.4. The molecule has 0 spiro atoms. The number of aromatic amines is 1. The number of nitrogens with two attached hydrogens (primary N) is 1. The lowest BCUT2D eigenvalue weighted by molar-refractivity contribution is -0.141. The number of carbonyl (C=O) groups excluding carboxylic acids is 3. The number of carbonyl (C=O) groups is 5. The Bertz CT molecular complexity index is 823. The van der Waals surface area contributed by atoms with E-state index in [9.17, 15) is 29.1 Å². The fraction of sp³-hybridized carbons (Fsp3) is 0.556. The molecule has 0 aromatic carbocycles. The summed E-state index contributed by atoms with van der Waals surface area (Å²) in [4.78, 5) is 66.6. The second-order valence-corrected chi connectivity index (χ2v) is 8.32. The molecule has 184 valence electrons. The maximum atomic E-state index is 12.9. The Kier molecular flexibility index (Phi) is 12.3. The highest BCUT2D eigenvalue weighted by molar-refractivity contribution is 7.98. The van der Waals surface area contributed by atoms with Gasteiger partial charge < -0.3 is 36.9 Å². The first kappa shape index (κ1) is 28.3. The van der Waals surface area contributed by atoms with Crippen LogP contribution >= 0.6 is 24.4 Å². The lowest BCUT2D eigenvalue weighted by Gasteiger charge is -2.24. The average Bonchev–Trinajstić information content (AvgIpc) is 3.26. The minimum Gasteiger partial charge on any atom is -0.481 e. The zero-order chi connectivity index (χ0) is 25.0. The van der Waals surface area contributed by atoms with E-state index in [4.69, 9.17) is 10.8 Å². The number of aromatic nitrogens is 2. The van der Waals surface area contributed by atoms with Gasteiger partial charge in [0.15, 0.2) is 0 Å². The van der Waals surface area contributed by atoms with E-state index in [1.165, 1.54) is 24.3 Å². The predicted molar refractivity (Wildman–Crippen MR) is 123 cm³/mol. The third-order valence-corrected chi connectivity index (χ3v) is 5.39. The molecule has 4 unspecified atom stereocenters. The SMILES string of the molecule is CSCCC(NC(=O)C(N)CC(=O)O)C(=O)NC(Cc1cnc[nH]1)C(=O)NC(CS)C(=O)O. The van der Waals surface area contributed by atoms with Gasteiger partial charge >= 0.3 is 11.9 Å². The van der Waals surface area contributed by atoms with Crippen molar-refractivity contribution in [3.8, 4) is 0 Å². The Labute approximate surface area is 199 Å². The summed E-state index contributed by atoms with van der Waals surface area (Å²) < 4.78 is 0. The number of hydrogen-bond acceptors (Lipinski definition) is 9. The number of thioether (sulfide) groups is 1. The Morgan fingerprint density at radius 1 is 1.09 bits per heavy atom. The molecule has 1 aromatic rings. The van der Waals surface area contributed by atoms with Gasteiger partial charge in [-0.2, -0.15) is 24.4 Å². The summed E-state index contributed by atoms with van der Waals surface area (Å²) in [5, 5.41) is 25.2. The molecule has 33 heavy (non-hydrogen) atoms. The predicted octanol–water partition coefficient (Wildman–Crippen LogP) is -2.02. The second-order valence-electron chi connectivity index (χ2n) is 6.97. The molecule has 8 N–H and O–H groups in total. The molecule has 0 aliphatic rings. The van der Waals surface area contributed by atoms with Crippen LogP contribution in [0, 0.1) is 0 Å². The number of hydrogen-bond donors (Lipinski definition) is 8. The number of rotatable bonds is 15. The van der Waals surface area contributed by atoms with E-state index in [1.54, 1.807) is 6.26 Å². The molecule has 0 radical (unpaired) electrons. The van der Waals surface area contributed by atoms with Crippen LogP contribution in [0.3, 0.4) is 0 Å². The monoisotopic (exact) mass is 504 g/mol. The molecule has 1 heterocycles. The van der Waals surface area contributed by atoms with Gasteiger partial charge in [0.1, 0.15) is 18.1 Å². The van der Waals surface area contributed by atoms with Crippen LogP contribution in [0.1, 0.15) is 18.5 Å². The number of nitrogens with one attached hydrogen (secondary N) is 4. The molecule has 0 aliphatic carbocycles. The van der Waals surface area contributed by atoms with Crippen LogP contribution in [0.5, 0.6) is 0 Å². The lowest BCUT2D eigenvalue weighted by atomic mass is 10.1. The Hall–Kier alpha value is -2.78. The summed E-state index contributed by atoms with van der Waals surface area (Å²) in [6.07, 6.45) is 4.16. The van der Waals surface area contributed by atoms with Crippen molar-refractivity contribution in [2.75, 3.05) is 17.8 Å². The van der Waals surface area contributed by atoms with Gasteiger partial charge in [0.05, 0.1) is 18.8 Å². The Balaban J connectivity index is 3.00. The van der Waals surface area contributed by atoms with E-state index < -0.39 is 60.2 Å². The highest BCUT2D eigenvalue weighted by atomic mass is 32.2. The van der Waals surface area contributed by atoms with Crippen molar-refractivity contribution in [2.24, 2.45) is 5.73 Å². The van der Waals surface area contributed by atoms with E-state index in [-0.39, 0.29) is 18.6 Å². The maximum Gasteiger partial charge on any atom is 0.327 e. The molecule has 0 saturated heterocycles. The van der Waals surface area contributed by atoms with Gasteiger partial charge in [-0.15, -0.1) is 0 Å². The number of H-pyrrole nitrogens is 1. The summed E-state index contributed by atoms with van der Waals surface area (Å²) in [6, 6.07) is -4.92. The number of nitrogens with zero attached hydrogens (tertiary/aromatic N) is 1. The van der Waals surface area contributed by atoms with E-state index in [2.05, 4.69) is 38.5 Å². The minimum atomic E-state index is -1.36. The lowest BCUT2D eigenvalue weighted by Crippen LogP contribution is -2.58. The van der Waals surface area contributed by atoms with Gasteiger partial charge in [-0.05, 0) is 18.4 Å². The smallest absolute Gasteiger partial charge is 0.327 e. The highest BCUT2D eigenvalue weighted by Gasteiger charge is 2.30. The summed E-state index contributed by atoms with van der Waals surface area (Å²) in [5.41, 5.74) is 6.07. The van der Waals surface area contributed by atoms with Crippen LogP contribution in [0.25, 0.3) is 0 Å². The number of amides is 3. The number of aliphatic carboxylic acids is 2. The van der Waals surface area contributed by atoms with E-state index in [1.807, 2.05) is 0 Å². The first-order valence-corrected chi connectivity index (χ1v) is 11.8.